The van der Waals surface area contributed by atoms with Crippen molar-refractivity contribution < 1.29 is 14.2 Å². The van der Waals surface area contributed by atoms with E-state index in [2.05, 4.69) is 34.5 Å². The third-order valence-corrected chi connectivity index (χ3v) is 3.89. The van der Waals surface area contributed by atoms with Crippen LogP contribution in [0.15, 0.2) is 23.3 Å². The van der Waals surface area contributed by atoms with Crippen LogP contribution < -0.4 is 15.4 Å². The topological polar surface area (TPSA) is 77.0 Å². The van der Waals surface area contributed by atoms with Crippen LogP contribution in [0.5, 0.6) is 5.88 Å². The molecule has 1 atom stereocenters. The molecule has 7 nitrogen and oxygen atoms in total. The van der Waals surface area contributed by atoms with Gasteiger partial charge in [-0.15, -0.1) is 24.0 Å². The molecule has 1 heterocycles. The largest absolute Gasteiger partial charge is 0.475 e. The number of hydrogen-bond donors (Lipinski definition) is 2. The monoisotopic (exact) mass is 494 g/mol. The molecule has 0 aromatic carbocycles. The van der Waals surface area contributed by atoms with Crippen molar-refractivity contribution in [2.75, 3.05) is 40.5 Å². The Hall–Kier alpha value is -1.13. The van der Waals surface area contributed by atoms with Crippen LogP contribution in [0.3, 0.4) is 0 Å². The van der Waals surface area contributed by atoms with Crippen LogP contribution in [-0.2, 0) is 16.0 Å². The summed E-state index contributed by atoms with van der Waals surface area (Å²) in [5, 5.41) is 6.63. The van der Waals surface area contributed by atoms with E-state index in [1.54, 1.807) is 20.4 Å². The standard InChI is InChI=1S/C19H34N4O3.HI/c1-6-25-17(15(2)3)9-11-22-19(20-4)23-14-16-8-7-10-21-18(16)26-13-12-24-5;/h7-8,10,15,17H,6,9,11-14H2,1-5H3,(H2,20,22,23);1H. The number of pyridine rings is 1. The van der Waals surface area contributed by atoms with Crippen molar-refractivity contribution >= 4 is 29.9 Å². The van der Waals surface area contributed by atoms with Crippen molar-refractivity contribution in [3.63, 3.8) is 0 Å². The van der Waals surface area contributed by atoms with Crippen molar-refractivity contribution in [1.29, 1.82) is 0 Å². The van der Waals surface area contributed by atoms with Gasteiger partial charge >= 0.3 is 0 Å². The molecule has 1 aromatic rings. The second-order valence-corrected chi connectivity index (χ2v) is 6.19. The van der Waals surface area contributed by atoms with Crippen LogP contribution >= 0.6 is 24.0 Å². The average Bonchev–Trinajstić information content (AvgIpc) is 2.64. The lowest BCUT2D eigenvalue weighted by Gasteiger charge is -2.21. The Morgan fingerprint density at radius 3 is 2.67 bits per heavy atom. The van der Waals surface area contributed by atoms with E-state index in [0.717, 1.165) is 31.1 Å². The van der Waals surface area contributed by atoms with Gasteiger partial charge in [-0.3, -0.25) is 4.99 Å². The molecule has 0 saturated heterocycles. The molecule has 0 aliphatic heterocycles. The summed E-state index contributed by atoms with van der Waals surface area (Å²) in [5.74, 6) is 1.85. The van der Waals surface area contributed by atoms with Crippen LogP contribution in [0.2, 0.25) is 0 Å². The predicted octanol–water partition coefficient (Wildman–Crippen LogP) is 2.84. The van der Waals surface area contributed by atoms with Gasteiger partial charge in [0.2, 0.25) is 5.88 Å². The Balaban J connectivity index is 0.00000676. The first-order chi connectivity index (χ1) is 12.6. The molecule has 0 aliphatic carbocycles. The number of hydrogen-bond acceptors (Lipinski definition) is 5. The minimum atomic E-state index is 0. The smallest absolute Gasteiger partial charge is 0.218 e. The quantitative estimate of drug-likeness (QED) is 0.202. The summed E-state index contributed by atoms with van der Waals surface area (Å²) in [6.07, 6.45) is 2.91. The summed E-state index contributed by atoms with van der Waals surface area (Å²) in [4.78, 5) is 8.55. The number of methoxy groups -OCH3 is 1. The van der Waals surface area contributed by atoms with Gasteiger partial charge in [0.25, 0.3) is 0 Å². The van der Waals surface area contributed by atoms with E-state index in [1.165, 1.54) is 0 Å². The summed E-state index contributed by atoms with van der Waals surface area (Å²) in [6, 6.07) is 3.88. The highest BCUT2D eigenvalue weighted by molar-refractivity contribution is 14.0. The number of rotatable bonds is 12. The Morgan fingerprint density at radius 1 is 1.26 bits per heavy atom. The molecule has 1 rings (SSSR count). The first-order valence-corrected chi connectivity index (χ1v) is 9.24. The highest BCUT2D eigenvalue weighted by atomic mass is 127. The number of nitrogens with zero attached hydrogens (tertiary/aromatic N) is 2. The van der Waals surface area contributed by atoms with Gasteiger partial charge in [0.15, 0.2) is 5.96 Å². The SMILES string of the molecule is CCOC(CCNC(=NC)NCc1cccnc1OCCOC)C(C)C.I. The first-order valence-electron chi connectivity index (χ1n) is 9.24. The Morgan fingerprint density at radius 2 is 2.04 bits per heavy atom. The van der Waals surface area contributed by atoms with E-state index in [4.69, 9.17) is 14.2 Å². The van der Waals surface area contributed by atoms with Gasteiger partial charge in [0, 0.05) is 45.6 Å². The summed E-state index contributed by atoms with van der Waals surface area (Å²) >= 11 is 0. The molecule has 0 fully saturated rings. The Kier molecular flexibility index (Phi) is 15.2. The van der Waals surface area contributed by atoms with Crippen LogP contribution in [-0.4, -0.2) is 57.6 Å². The van der Waals surface area contributed by atoms with Crippen molar-refractivity contribution in [2.24, 2.45) is 10.9 Å². The summed E-state index contributed by atoms with van der Waals surface area (Å²) in [7, 11) is 3.41. The Bertz CT molecular complexity index is 529. The zero-order valence-electron chi connectivity index (χ0n) is 17.2. The number of aliphatic imine (C=N–C) groups is 1. The number of nitrogens with one attached hydrogen (secondary N) is 2. The fraction of sp³-hybridized carbons (Fsp3) is 0.684. The van der Waals surface area contributed by atoms with E-state index in [0.29, 0.717) is 31.6 Å². The minimum absolute atomic E-state index is 0. The van der Waals surface area contributed by atoms with E-state index in [-0.39, 0.29) is 30.1 Å². The van der Waals surface area contributed by atoms with Gasteiger partial charge < -0.3 is 24.8 Å². The molecule has 1 aromatic heterocycles. The summed E-state index contributed by atoms with van der Waals surface area (Å²) < 4.78 is 16.4. The normalized spacial score (nSPS) is 12.4. The first kappa shape index (κ1) is 25.9. The number of halogens is 1. The van der Waals surface area contributed by atoms with Crippen LogP contribution in [0, 0.1) is 5.92 Å². The molecule has 0 amide bonds. The minimum Gasteiger partial charge on any atom is -0.475 e. The van der Waals surface area contributed by atoms with Gasteiger partial charge in [-0.25, -0.2) is 4.98 Å². The van der Waals surface area contributed by atoms with E-state index < -0.39 is 0 Å². The maximum atomic E-state index is 5.78. The van der Waals surface area contributed by atoms with Crippen molar-refractivity contribution in [1.82, 2.24) is 15.6 Å². The lowest BCUT2D eigenvalue weighted by molar-refractivity contribution is 0.0258. The maximum absolute atomic E-state index is 5.78. The predicted molar refractivity (Wildman–Crippen MR) is 120 cm³/mol. The fourth-order valence-electron chi connectivity index (χ4n) is 2.47. The molecular weight excluding hydrogens is 459 g/mol. The Labute approximate surface area is 180 Å². The fourth-order valence-corrected chi connectivity index (χ4v) is 2.47. The van der Waals surface area contributed by atoms with E-state index in [1.807, 2.05) is 19.1 Å². The van der Waals surface area contributed by atoms with Crippen LogP contribution in [0.25, 0.3) is 0 Å². The molecule has 27 heavy (non-hydrogen) atoms. The zero-order chi connectivity index (χ0) is 19.2. The molecule has 0 bridgehead atoms. The van der Waals surface area contributed by atoms with Gasteiger partial charge in [0.05, 0.1) is 12.7 Å². The number of ether oxygens (including phenoxy) is 3. The van der Waals surface area contributed by atoms with Gasteiger partial charge in [-0.05, 0) is 25.3 Å². The highest BCUT2D eigenvalue weighted by Crippen LogP contribution is 2.14. The lowest BCUT2D eigenvalue weighted by Crippen LogP contribution is -2.39. The lowest BCUT2D eigenvalue weighted by atomic mass is 10.0. The average molecular weight is 494 g/mol. The van der Waals surface area contributed by atoms with Crippen molar-refractivity contribution in [3.8, 4) is 5.88 Å². The number of aromatic nitrogens is 1. The molecule has 0 radical (unpaired) electrons. The van der Waals surface area contributed by atoms with Crippen LogP contribution in [0.4, 0.5) is 0 Å². The number of guanidine groups is 1. The molecule has 0 spiro atoms. The third kappa shape index (κ3) is 10.7. The van der Waals surface area contributed by atoms with E-state index >= 15 is 0 Å². The second kappa shape index (κ2) is 15.9. The molecule has 0 aliphatic rings. The second-order valence-electron chi connectivity index (χ2n) is 6.19. The van der Waals surface area contributed by atoms with Gasteiger partial charge in [-0.2, -0.15) is 0 Å². The third-order valence-electron chi connectivity index (χ3n) is 3.89. The summed E-state index contributed by atoms with van der Waals surface area (Å²) in [6.45, 7) is 9.51. The molecule has 1 unspecified atom stereocenters. The molecule has 8 heteroatoms. The van der Waals surface area contributed by atoms with Gasteiger partial charge in [-0.1, -0.05) is 19.9 Å². The molecule has 2 N–H and O–H groups in total. The highest BCUT2D eigenvalue weighted by Gasteiger charge is 2.13. The summed E-state index contributed by atoms with van der Waals surface area (Å²) in [5.41, 5.74) is 0.973. The zero-order valence-corrected chi connectivity index (χ0v) is 19.5. The molecular formula is C19H35IN4O3. The molecule has 156 valence electrons. The van der Waals surface area contributed by atoms with Gasteiger partial charge in [0.1, 0.15) is 6.61 Å². The van der Waals surface area contributed by atoms with Crippen LogP contribution in [0.1, 0.15) is 32.8 Å². The maximum Gasteiger partial charge on any atom is 0.218 e. The van der Waals surface area contributed by atoms with Crippen molar-refractivity contribution in [3.05, 3.63) is 23.9 Å². The van der Waals surface area contributed by atoms with E-state index in [9.17, 15) is 0 Å². The van der Waals surface area contributed by atoms with Crippen molar-refractivity contribution in [2.45, 2.75) is 39.8 Å². The molecule has 0 saturated carbocycles.